The standard InChI is InChI=1S/C18H33N5O3.HI/c1-19-16(24)11-14-6-8-23(9-7-14)18(21-13-17(25)22(2)3)20-12-15-5-4-10-26-15;/h14-15H,4-13H2,1-3H3,(H,19,24)(H,20,21);1H. The van der Waals surface area contributed by atoms with Crippen molar-refractivity contribution in [2.24, 2.45) is 10.9 Å². The molecule has 0 aliphatic carbocycles. The quantitative estimate of drug-likeness (QED) is 0.322. The van der Waals surface area contributed by atoms with Gasteiger partial charge < -0.3 is 25.2 Å². The number of halogens is 1. The van der Waals surface area contributed by atoms with Crippen LogP contribution in [0.5, 0.6) is 0 Å². The van der Waals surface area contributed by atoms with Gasteiger partial charge >= 0.3 is 0 Å². The van der Waals surface area contributed by atoms with Crippen molar-refractivity contribution in [1.29, 1.82) is 0 Å². The molecule has 2 aliphatic rings. The lowest BCUT2D eigenvalue weighted by Crippen LogP contribution is -2.48. The van der Waals surface area contributed by atoms with Gasteiger partial charge in [-0.15, -0.1) is 24.0 Å². The van der Waals surface area contributed by atoms with E-state index in [0.29, 0.717) is 18.9 Å². The molecule has 2 saturated heterocycles. The monoisotopic (exact) mass is 495 g/mol. The van der Waals surface area contributed by atoms with E-state index >= 15 is 0 Å². The fourth-order valence-electron chi connectivity index (χ4n) is 3.28. The summed E-state index contributed by atoms with van der Waals surface area (Å²) in [7, 11) is 5.15. The van der Waals surface area contributed by atoms with Gasteiger partial charge in [0, 0.05) is 53.8 Å². The van der Waals surface area contributed by atoms with E-state index in [9.17, 15) is 9.59 Å². The molecular formula is C18H34IN5O3. The van der Waals surface area contributed by atoms with Crippen LogP contribution in [0.3, 0.4) is 0 Å². The molecule has 2 fully saturated rings. The highest BCUT2D eigenvalue weighted by Gasteiger charge is 2.24. The highest BCUT2D eigenvalue weighted by Crippen LogP contribution is 2.20. The molecule has 8 nitrogen and oxygen atoms in total. The van der Waals surface area contributed by atoms with Crippen LogP contribution in [0.25, 0.3) is 0 Å². The number of carbonyl (C=O) groups is 2. The zero-order chi connectivity index (χ0) is 18.9. The summed E-state index contributed by atoms with van der Waals surface area (Å²) in [5.74, 6) is 1.27. The van der Waals surface area contributed by atoms with E-state index in [2.05, 4.69) is 20.5 Å². The number of likely N-dealkylation sites (tertiary alicyclic amines) is 1. The van der Waals surface area contributed by atoms with Crippen molar-refractivity contribution in [2.75, 3.05) is 53.9 Å². The molecular weight excluding hydrogens is 461 g/mol. The Labute approximate surface area is 179 Å². The van der Waals surface area contributed by atoms with Crippen molar-refractivity contribution in [2.45, 2.75) is 38.2 Å². The molecule has 0 aromatic rings. The number of nitrogens with zero attached hydrogens (tertiary/aromatic N) is 3. The van der Waals surface area contributed by atoms with E-state index in [-0.39, 0.29) is 48.4 Å². The van der Waals surface area contributed by atoms with Crippen LogP contribution in [0.4, 0.5) is 0 Å². The van der Waals surface area contributed by atoms with Gasteiger partial charge in [0.25, 0.3) is 0 Å². The fraction of sp³-hybridized carbons (Fsp3) is 0.833. The minimum Gasteiger partial charge on any atom is -0.376 e. The Morgan fingerprint density at radius 2 is 1.93 bits per heavy atom. The van der Waals surface area contributed by atoms with Crippen molar-refractivity contribution in [1.82, 2.24) is 20.4 Å². The summed E-state index contributed by atoms with van der Waals surface area (Å²) in [5, 5.41) is 6.09. The highest BCUT2D eigenvalue weighted by molar-refractivity contribution is 14.0. The van der Waals surface area contributed by atoms with Gasteiger partial charge in [-0.1, -0.05) is 0 Å². The maximum Gasteiger partial charge on any atom is 0.243 e. The van der Waals surface area contributed by atoms with Gasteiger partial charge in [0.15, 0.2) is 5.96 Å². The molecule has 2 heterocycles. The number of aliphatic imine (C=N–C) groups is 1. The molecule has 1 atom stereocenters. The average molecular weight is 495 g/mol. The van der Waals surface area contributed by atoms with Crippen LogP contribution in [0, 0.1) is 5.92 Å². The Hall–Kier alpha value is -1.10. The van der Waals surface area contributed by atoms with Gasteiger partial charge in [0.2, 0.25) is 11.8 Å². The number of amides is 2. The van der Waals surface area contributed by atoms with E-state index < -0.39 is 0 Å². The Balaban J connectivity index is 0.00000364. The van der Waals surface area contributed by atoms with Crippen LogP contribution in [-0.2, 0) is 14.3 Å². The number of guanidine groups is 1. The highest BCUT2D eigenvalue weighted by atomic mass is 127. The first-order chi connectivity index (χ1) is 12.5. The molecule has 0 aromatic heterocycles. The second-order valence-electron chi connectivity index (χ2n) is 7.25. The molecule has 156 valence electrons. The maximum atomic E-state index is 11.9. The van der Waals surface area contributed by atoms with E-state index in [1.807, 2.05) is 0 Å². The molecule has 0 spiro atoms. The summed E-state index contributed by atoms with van der Waals surface area (Å²) in [6.07, 6.45) is 4.87. The summed E-state index contributed by atoms with van der Waals surface area (Å²) >= 11 is 0. The topological polar surface area (TPSA) is 86.3 Å². The van der Waals surface area contributed by atoms with Crippen LogP contribution < -0.4 is 10.6 Å². The molecule has 2 N–H and O–H groups in total. The lowest BCUT2D eigenvalue weighted by atomic mass is 9.93. The second-order valence-corrected chi connectivity index (χ2v) is 7.25. The molecule has 2 aliphatic heterocycles. The molecule has 0 radical (unpaired) electrons. The van der Waals surface area contributed by atoms with Crippen molar-refractivity contribution in [3.63, 3.8) is 0 Å². The number of carbonyl (C=O) groups excluding carboxylic acids is 2. The number of rotatable bonds is 6. The predicted molar refractivity (Wildman–Crippen MR) is 116 cm³/mol. The van der Waals surface area contributed by atoms with Gasteiger partial charge in [0.1, 0.15) is 6.54 Å². The van der Waals surface area contributed by atoms with E-state index in [1.165, 1.54) is 0 Å². The first-order valence-electron chi connectivity index (χ1n) is 9.55. The van der Waals surface area contributed by atoms with Crippen molar-refractivity contribution in [3.05, 3.63) is 0 Å². The number of ether oxygens (including phenoxy) is 1. The van der Waals surface area contributed by atoms with E-state index in [4.69, 9.17) is 4.74 Å². The Morgan fingerprint density at radius 1 is 1.22 bits per heavy atom. The first-order valence-corrected chi connectivity index (χ1v) is 9.55. The Kier molecular flexibility index (Phi) is 11.0. The summed E-state index contributed by atoms with van der Waals surface area (Å²) in [5.41, 5.74) is 0. The second kappa shape index (κ2) is 12.4. The zero-order valence-electron chi connectivity index (χ0n) is 16.7. The number of likely N-dealkylation sites (N-methyl/N-ethyl adjacent to an activating group) is 1. The molecule has 2 rings (SSSR count). The fourth-order valence-corrected chi connectivity index (χ4v) is 3.28. The number of hydrogen-bond acceptors (Lipinski definition) is 4. The maximum absolute atomic E-state index is 11.9. The minimum atomic E-state index is -0.0177. The average Bonchev–Trinajstić information content (AvgIpc) is 3.15. The number of hydrogen-bond donors (Lipinski definition) is 2. The molecule has 9 heteroatoms. The van der Waals surface area contributed by atoms with Crippen molar-refractivity contribution in [3.8, 4) is 0 Å². The first kappa shape index (κ1) is 23.9. The summed E-state index contributed by atoms with van der Waals surface area (Å²) < 4.78 is 5.67. The number of nitrogens with one attached hydrogen (secondary N) is 2. The molecule has 1 unspecified atom stereocenters. The summed E-state index contributed by atoms with van der Waals surface area (Å²) in [4.78, 5) is 31.8. The third-order valence-electron chi connectivity index (χ3n) is 5.04. The van der Waals surface area contributed by atoms with Crippen molar-refractivity contribution < 1.29 is 14.3 Å². The molecule has 0 bridgehead atoms. The van der Waals surface area contributed by atoms with Gasteiger partial charge in [-0.3, -0.25) is 9.59 Å². The van der Waals surface area contributed by atoms with Crippen LogP contribution in [0.15, 0.2) is 4.99 Å². The lowest BCUT2D eigenvalue weighted by Gasteiger charge is -2.34. The minimum absolute atomic E-state index is 0. The SMILES string of the molecule is CNC(=O)CC1CCN(C(=NCC(=O)N(C)C)NCC2CCCO2)CC1.I. The summed E-state index contributed by atoms with van der Waals surface area (Å²) in [6.45, 7) is 3.36. The normalized spacial score (nSPS) is 20.8. The van der Waals surface area contributed by atoms with Gasteiger partial charge in [-0.2, -0.15) is 0 Å². The Bertz CT molecular complexity index is 501. The largest absolute Gasteiger partial charge is 0.376 e. The lowest BCUT2D eigenvalue weighted by molar-refractivity contribution is -0.127. The molecule has 27 heavy (non-hydrogen) atoms. The van der Waals surface area contributed by atoms with Gasteiger partial charge in [-0.25, -0.2) is 4.99 Å². The van der Waals surface area contributed by atoms with Crippen LogP contribution >= 0.6 is 24.0 Å². The van der Waals surface area contributed by atoms with E-state index in [1.54, 1.807) is 26.0 Å². The van der Waals surface area contributed by atoms with Gasteiger partial charge in [0.05, 0.1) is 6.10 Å². The van der Waals surface area contributed by atoms with Crippen LogP contribution in [0.1, 0.15) is 32.1 Å². The molecule has 0 saturated carbocycles. The number of piperidine rings is 1. The summed E-state index contributed by atoms with van der Waals surface area (Å²) in [6, 6.07) is 0. The van der Waals surface area contributed by atoms with Crippen LogP contribution in [0.2, 0.25) is 0 Å². The van der Waals surface area contributed by atoms with Crippen molar-refractivity contribution >= 4 is 41.8 Å². The molecule has 2 amide bonds. The third-order valence-corrected chi connectivity index (χ3v) is 5.04. The predicted octanol–water partition coefficient (Wildman–Crippen LogP) is 0.665. The molecule has 0 aromatic carbocycles. The van der Waals surface area contributed by atoms with Gasteiger partial charge in [-0.05, 0) is 31.6 Å². The third kappa shape index (κ3) is 8.20. The van der Waals surface area contributed by atoms with Crippen LogP contribution in [-0.4, -0.2) is 87.6 Å². The zero-order valence-corrected chi connectivity index (χ0v) is 19.0. The van der Waals surface area contributed by atoms with E-state index in [0.717, 1.165) is 51.3 Å². The Morgan fingerprint density at radius 3 is 2.48 bits per heavy atom. The smallest absolute Gasteiger partial charge is 0.243 e.